The molecule has 324 valence electrons. The highest BCUT2D eigenvalue weighted by atomic mass is 35.5. The molecule has 6 atom stereocenters. The van der Waals surface area contributed by atoms with E-state index in [1.807, 2.05) is 24.3 Å². The molecule has 12 nitrogen and oxygen atoms in total. The number of methoxy groups -OCH3 is 1. The number of allylic oxidation sites excluding steroid dienone is 2. The maximum Gasteiger partial charge on any atom is 0.417 e. The van der Waals surface area contributed by atoms with Crippen molar-refractivity contribution in [3.8, 4) is 23.0 Å². The van der Waals surface area contributed by atoms with Crippen LogP contribution in [0.5, 0.6) is 11.5 Å². The van der Waals surface area contributed by atoms with Gasteiger partial charge in [-0.2, -0.15) is 18.2 Å². The van der Waals surface area contributed by atoms with Gasteiger partial charge in [0.15, 0.2) is 22.9 Å². The summed E-state index contributed by atoms with van der Waals surface area (Å²) in [6, 6.07) is 23.8. The number of phenols is 1. The zero-order chi connectivity index (χ0) is 45.0. The average Bonchev–Trinajstić information content (AvgIpc) is 3.89. The number of hydrazine groups is 1. The summed E-state index contributed by atoms with van der Waals surface area (Å²) in [7, 11) is 1.31. The van der Waals surface area contributed by atoms with Crippen molar-refractivity contribution in [2.24, 2.45) is 23.7 Å². The lowest BCUT2D eigenvalue weighted by atomic mass is 9.49. The van der Waals surface area contributed by atoms with Gasteiger partial charge in [-0.25, -0.2) is 9.97 Å². The van der Waals surface area contributed by atoms with E-state index in [2.05, 4.69) is 15.4 Å². The Morgan fingerprint density at radius 3 is 2.31 bits per heavy atom. The minimum Gasteiger partial charge on any atom is -0.503 e. The second kappa shape index (κ2) is 15.1. The van der Waals surface area contributed by atoms with Gasteiger partial charge < -0.3 is 14.3 Å². The summed E-state index contributed by atoms with van der Waals surface area (Å²) in [6.07, 6.45) is -2.46. The van der Waals surface area contributed by atoms with Gasteiger partial charge in [-0.15, -0.1) is 0 Å². The highest BCUT2D eigenvalue weighted by Gasteiger charge is 2.70. The summed E-state index contributed by atoms with van der Waals surface area (Å²) >= 11 is 19.3. The maximum absolute atomic E-state index is 15.5. The van der Waals surface area contributed by atoms with Crippen LogP contribution in [0, 0.1) is 23.7 Å². The third kappa shape index (κ3) is 6.26. The van der Waals surface area contributed by atoms with Gasteiger partial charge in [0.2, 0.25) is 17.7 Å². The number of ether oxygens (including phenoxy) is 1. The average molecular weight is 929 g/mol. The molecule has 2 aromatic heterocycles. The number of hydrogen-bond acceptors (Lipinski definition) is 10. The van der Waals surface area contributed by atoms with Crippen LogP contribution in [-0.2, 0) is 30.8 Å². The number of para-hydroxylation sites is 2. The van der Waals surface area contributed by atoms with Crippen molar-refractivity contribution in [3.05, 3.63) is 141 Å². The Morgan fingerprint density at radius 2 is 1.62 bits per heavy atom. The monoisotopic (exact) mass is 927 g/mol. The summed E-state index contributed by atoms with van der Waals surface area (Å²) < 4.78 is 52.2. The van der Waals surface area contributed by atoms with E-state index in [1.54, 1.807) is 54.6 Å². The molecular formula is C46H31Cl3F3N5O7. The SMILES string of the molecule is COc1cc(C2C3=CCC4C(=O)N(c5ccc(-c6nc7ccccc7o6)cc5)C(=O)C4C3CC3C(=O)N(Nc4ncc(C(F)(F)F)cc4Cl)C(=O)C32c2ccc(Cl)cc2)cc(Cl)c1O. The number of oxazole rings is 1. The Kier molecular flexibility index (Phi) is 9.81. The van der Waals surface area contributed by atoms with Crippen molar-refractivity contribution in [1.29, 1.82) is 0 Å². The first-order valence-corrected chi connectivity index (χ1v) is 21.0. The molecule has 2 aliphatic carbocycles. The van der Waals surface area contributed by atoms with E-state index in [0.29, 0.717) is 67.2 Å². The number of rotatable bonds is 7. The van der Waals surface area contributed by atoms with E-state index in [-0.39, 0.29) is 29.4 Å². The fraction of sp³-hybridized carbons (Fsp3) is 0.217. The molecule has 4 aliphatic rings. The van der Waals surface area contributed by atoms with E-state index in [1.165, 1.54) is 19.2 Å². The summed E-state index contributed by atoms with van der Waals surface area (Å²) in [5.41, 5.74) is 3.01. The molecule has 2 N–H and O–H groups in total. The molecule has 18 heteroatoms. The lowest BCUT2D eigenvalue weighted by molar-refractivity contribution is -0.139. The zero-order valence-corrected chi connectivity index (χ0v) is 35.3. The number of nitrogens with one attached hydrogen (secondary N) is 1. The second-order valence-electron chi connectivity index (χ2n) is 16.0. The Hall–Kier alpha value is -6.42. The van der Waals surface area contributed by atoms with Crippen molar-refractivity contribution < 1.29 is 46.6 Å². The number of carbonyl (C=O) groups is 4. The van der Waals surface area contributed by atoms with Gasteiger partial charge in [-0.05, 0) is 96.6 Å². The number of benzene rings is 4. The first-order valence-electron chi connectivity index (χ1n) is 19.9. The Morgan fingerprint density at radius 1 is 0.891 bits per heavy atom. The minimum absolute atomic E-state index is 0.0474. The van der Waals surface area contributed by atoms with Gasteiger partial charge in [0, 0.05) is 22.7 Å². The largest absolute Gasteiger partial charge is 0.503 e. The van der Waals surface area contributed by atoms with Crippen molar-refractivity contribution in [2.45, 2.75) is 30.4 Å². The van der Waals surface area contributed by atoms with Crippen LogP contribution in [0.2, 0.25) is 15.1 Å². The summed E-state index contributed by atoms with van der Waals surface area (Å²) in [5.74, 6) is -8.08. The van der Waals surface area contributed by atoms with Gasteiger partial charge in [0.05, 0.1) is 51.6 Å². The van der Waals surface area contributed by atoms with Gasteiger partial charge in [-0.1, -0.05) is 70.7 Å². The first-order chi connectivity index (χ1) is 30.6. The molecule has 64 heavy (non-hydrogen) atoms. The quantitative estimate of drug-likeness (QED) is 0.117. The Balaban J connectivity index is 1.09. The number of amides is 4. The molecule has 3 fully saturated rings. The van der Waals surface area contributed by atoms with Crippen molar-refractivity contribution in [3.63, 3.8) is 0 Å². The van der Waals surface area contributed by atoms with Crippen LogP contribution in [-0.4, -0.2) is 50.8 Å². The Bertz CT molecular complexity index is 2970. The molecule has 6 aromatic rings. The van der Waals surface area contributed by atoms with E-state index >= 15 is 9.59 Å². The van der Waals surface area contributed by atoms with Crippen LogP contribution in [0.1, 0.15) is 35.4 Å². The van der Waals surface area contributed by atoms with Crippen LogP contribution >= 0.6 is 34.8 Å². The molecule has 4 amide bonds. The van der Waals surface area contributed by atoms with Gasteiger partial charge >= 0.3 is 6.18 Å². The number of imide groups is 2. The molecular weight excluding hydrogens is 898 g/mol. The summed E-state index contributed by atoms with van der Waals surface area (Å²) in [5, 5.41) is 11.2. The number of aromatic nitrogens is 2. The maximum atomic E-state index is 15.5. The normalized spacial score (nSPS) is 24.2. The van der Waals surface area contributed by atoms with Crippen molar-refractivity contribution in [1.82, 2.24) is 15.0 Å². The standard InChI is InChI=1S/C46H31Cl3F3N5O7/c1-63-35-17-22(16-31(48)38(35)58)37-27-14-15-28-36(43(61)56(41(28)59)26-12-6-21(7-13-26)40-54-33-4-2-3-5-34(33)64-40)29(27)19-30-42(60)57(44(62)45(30,37)23-8-10-25(47)11-9-23)55-39-32(49)18-24(20-53-39)46(50,51)52/h2-14,16-18,20,28-30,36-37,58H,15,19H2,1H3,(H,53,55). The molecule has 6 unspecified atom stereocenters. The first kappa shape index (κ1) is 41.6. The number of carbonyl (C=O) groups excluding carboxylic acids is 4. The molecule has 0 spiro atoms. The van der Waals surface area contributed by atoms with Crippen LogP contribution in [0.15, 0.2) is 113 Å². The van der Waals surface area contributed by atoms with Gasteiger partial charge in [0.25, 0.3) is 11.8 Å². The smallest absolute Gasteiger partial charge is 0.417 e. The third-order valence-electron chi connectivity index (χ3n) is 12.8. The highest BCUT2D eigenvalue weighted by molar-refractivity contribution is 6.33. The van der Waals surface area contributed by atoms with E-state index in [0.717, 1.165) is 4.90 Å². The van der Waals surface area contributed by atoms with Crippen molar-refractivity contribution in [2.75, 3.05) is 17.4 Å². The van der Waals surface area contributed by atoms with Crippen LogP contribution < -0.4 is 15.1 Å². The fourth-order valence-electron chi connectivity index (χ4n) is 10.1. The summed E-state index contributed by atoms with van der Waals surface area (Å²) in [6.45, 7) is 0. The minimum atomic E-state index is -4.78. The number of anilines is 2. The molecule has 0 bridgehead atoms. The molecule has 4 heterocycles. The predicted molar refractivity (Wildman–Crippen MR) is 228 cm³/mol. The van der Waals surface area contributed by atoms with Gasteiger partial charge in [-0.3, -0.25) is 29.5 Å². The molecule has 1 saturated carbocycles. The molecule has 2 aliphatic heterocycles. The number of nitrogens with zero attached hydrogens (tertiary/aromatic N) is 4. The number of alkyl halides is 3. The number of halogens is 6. The van der Waals surface area contributed by atoms with E-state index < -0.39 is 81.2 Å². The number of fused-ring (bicyclic) bond motifs is 5. The fourth-order valence-corrected chi connectivity index (χ4v) is 10.6. The topological polar surface area (TPSA) is 155 Å². The lowest BCUT2D eigenvalue weighted by Gasteiger charge is -2.50. The Labute approximate surface area is 376 Å². The van der Waals surface area contributed by atoms with Crippen LogP contribution in [0.3, 0.4) is 0 Å². The van der Waals surface area contributed by atoms with Crippen molar-refractivity contribution >= 4 is 81.0 Å². The predicted octanol–water partition coefficient (Wildman–Crippen LogP) is 9.77. The number of hydrogen-bond donors (Lipinski definition) is 2. The number of aromatic hydroxyl groups is 1. The molecule has 4 aromatic carbocycles. The van der Waals surface area contributed by atoms with Gasteiger partial charge in [0.1, 0.15) is 5.52 Å². The van der Waals surface area contributed by atoms with Crippen LogP contribution in [0.4, 0.5) is 24.7 Å². The zero-order valence-electron chi connectivity index (χ0n) is 33.1. The molecule has 10 rings (SSSR count). The lowest BCUT2D eigenvalue weighted by Crippen LogP contribution is -2.53. The number of pyridine rings is 1. The highest BCUT2D eigenvalue weighted by Crippen LogP contribution is 2.65. The number of phenolic OH excluding ortho intramolecular Hbond substituents is 1. The van der Waals surface area contributed by atoms with E-state index in [4.69, 9.17) is 44.0 Å². The summed E-state index contributed by atoms with van der Waals surface area (Å²) in [4.78, 5) is 69.3. The molecule has 0 radical (unpaired) electrons. The molecule has 2 saturated heterocycles. The van der Waals surface area contributed by atoms with E-state index in [9.17, 15) is 27.9 Å². The van der Waals surface area contributed by atoms with Crippen LogP contribution in [0.25, 0.3) is 22.6 Å². The third-order valence-corrected chi connectivity index (χ3v) is 13.7. The second-order valence-corrected chi connectivity index (χ2v) is 17.3.